The van der Waals surface area contributed by atoms with Crippen molar-refractivity contribution in [2.45, 2.75) is 44.6 Å². The van der Waals surface area contributed by atoms with Crippen LogP contribution < -0.4 is 19.7 Å². The fourth-order valence-corrected chi connectivity index (χ4v) is 4.37. The summed E-state index contributed by atoms with van der Waals surface area (Å²) in [6.45, 7) is 0.390. The van der Waals surface area contributed by atoms with Crippen molar-refractivity contribution in [1.29, 1.82) is 0 Å². The second-order valence-corrected chi connectivity index (χ2v) is 8.27. The molecule has 3 rings (SSSR count). The summed E-state index contributed by atoms with van der Waals surface area (Å²) >= 11 is 0. The van der Waals surface area contributed by atoms with Crippen LogP contribution in [0.15, 0.2) is 30.3 Å². The molecule has 0 unspecified atom stereocenters. The standard InChI is InChI=1S/C17H24N4O5S/c22-15-10-12(6-7-14(15)21-11-16(23)20-27(21,25)26)8-9-18-17(24)19-13-4-2-1-3-5-13/h6-7,10-11,13,20,22-23H,1-5,8-9H2,(H2,18,19,24). The van der Waals surface area contributed by atoms with Crippen LogP contribution in [0.4, 0.5) is 10.5 Å². The lowest BCUT2D eigenvalue weighted by molar-refractivity contribution is 0.233. The van der Waals surface area contributed by atoms with Crippen LogP contribution in [-0.2, 0) is 16.6 Å². The summed E-state index contributed by atoms with van der Waals surface area (Å²) in [5.74, 6) is -0.762. The molecule has 0 radical (unpaired) electrons. The lowest BCUT2D eigenvalue weighted by atomic mass is 9.96. The van der Waals surface area contributed by atoms with Gasteiger partial charge in [-0.25, -0.2) is 13.8 Å². The Kier molecular flexibility index (Phi) is 5.64. The molecule has 27 heavy (non-hydrogen) atoms. The summed E-state index contributed by atoms with van der Waals surface area (Å²) in [6.07, 6.45) is 7.00. The SMILES string of the molecule is O=C(NCCc1ccc(N2C=C(O)NS2(=O)=O)c(O)c1)NC1CCCCC1. The quantitative estimate of drug-likeness (QED) is 0.516. The molecule has 1 saturated carbocycles. The van der Waals surface area contributed by atoms with E-state index in [9.17, 15) is 23.4 Å². The largest absolute Gasteiger partial charge is 0.506 e. The molecule has 0 aromatic heterocycles. The Morgan fingerprint density at radius 2 is 1.96 bits per heavy atom. The molecule has 0 saturated heterocycles. The summed E-state index contributed by atoms with van der Waals surface area (Å²) in [4.78, 5) is 11.9. The summed E-state index contributed by atoms with van der Waals surface area (Å²) in [6, 6.07) is 4.59. The number of hydrogen-bond acceptors (Lipinski definition) is 5. The van der Waals surface area contributed by atoms with E-state index >= 15 is 0 Å². The Hall–Kier alpha value is -2.62. The monoisotopic (exact) mass is 396 g/mol. The number of urea groups is 1. The molecule has 9 nitrogen and oxygen atoms in total. The van der Waals surface area contributed by atoms with Crippen LogP contribution in [0.5, 0.6) is 5.75 Å². The zero-order chi connectivity index (χ0) is 19.4. The molecule has 10 heteroatoms. The van der Waals surface area contributed by atoms with E-state index in [0.717, 1.165) is 41.8 Å². The van der Waals surface area contributed by atoms with Crippen molar-refractivity contribution in [3.8, 4) is 5.75 Å². The van der Waals surface area contributed by atoms with Crippen molar-refractivity contribution in [3.05, 3.63) is 35.8 Å². The fourth-order valence-electron chi connectivity index (χ4n) is 3.30. The van der Waals surface area contributed by atoms with Crippen LogP contribution in [0.25, 0.3) is 0 Å². The van der Waals surface area contributed by atoms with Crippen molar-refractivity contribution in [1.82, 2.24) is 15.4 Å². The number of amides is 2. The third-order valence-electron chi connectivity index (χ3n) is 4.65. The molecule has 1 aromatic carbocycles. The normalized spacial score (nSPS) is 19.3. The highest BCUT2D eigenvalue weighted by molar-refractivity contribution is 7.91. The molecular formula is C17H24N4O5S. The first-order valence-electron chi connectivity index (χ1n) is 8.94. The number of carbonyl (C=O) groups is 1. The highest BCUT2D eigenvalue weighted by Gasteiger charge is 2.30. The van der Waals surface area contributed by atoms with E-state index in [2.05, 4.69) is 10.6 Å². The molecule has 1 aliphatic heterocycles. The van der Waals surface area contributed by atoms with Crippen LogP contribution in [0.1, 0.15) is 37.7 Å². The third-order valence-corrected chi connectivity index (χ3v) is 5.94. The summed E-state index contributed by atoms with van der Waals surface area (Å²) in [7, 11) is -3.95. The maximum absolute atomic E-state index is 11.9. The maximum Gasteiger partial charge on any atom is 0.330 e. The van der Waals surface area contributed by atoms with Crippen molar-refractivity contribution in [2.24, 2.45) is 0 Å². The Morgan fingerprint density at radius 3 is 2.59 bits per heavy atom. The highest BCUT2D eigenvalue weighted by atomic mass is 32.2. The molecule has 1 aromatic rings. The van der Waals surface area contributed by atoms with Crippen LogP contribution >= 0.6 is 0 Å². The van der Waals surface area contributed by atoms with E-state index in [1.807, 2.05) is 4.72 Å². The van der Waals surface area contributed by atoms with Gasteiger partial charge in [0.05, 0.1) is 6.20 Å². The van der Waals surface area contributed by atoms with Gasteiger partial charge in [0.1, 0.15) is 11.4 Å². The number of carbonyl (C=O) groups excluding carboxylic acids is 1. The Labute approximate surface area is 158 Å². The second kappa shape index (κ2) is 7.95. The van der Waals surface area contributed by atoms with Gasteiger partial charge in [0.25, 0.3) is 0 Å². The molecule has 5 N–H and O–H groups in total. The van der Waals surface area contributed by atoms with Gasteiger partial charge in [-0.15, -0.1) is 0 Å². The van der Waals surface area contributed by atoms with Gasteiger partial charge < -0.3 is 20.8 Å². The van der Waals surface area contributed by atoms with Crippen molar-refractivity contribution >= 4 is 21.9 Å². The smallest absolute Gasteiger partial charge is 0.330 e. The van der Waals surface area contributed by atoms with Crippen molar-refractivity contribution in [2.75, 3.05) is 10.8 Å². The first kappa shape index (κ1) is 19.2. The molecule has 0 bridgehead atoms. The van der Waals surface area contributed by atoms with Gasteiger partial charge in [-0.05, 0) is 37.0 Å². The zero-order valence-electron chi connectivity index (χ0n) is 14.8. The topological polar surface area (TPSA) is 131 Å². The molecule has 2 amide bonds. The van der Waals surface area contributed by atoms with Crippen LogP contribution in [-0.4, -0.2) is 37.2 Å². The molecule has 0 spiro atoms. The van der Waals surface area contributed by atoms with Gasteiger partial charge in [-0.3, -0.25) is 0 Å². The average Bonchev–Trinajstić information content (AvgIpc) is 2.88. The van der Waals surface area contributed by atoms with E-state index in [1.165, 1.54) is 18.6 Å². The lowest BCUT2D eigenvalue weighted by Gasteiger charge is -2.22. The number of aromatic hydroxyl groups is 1. The maximum atomic E-state index is 11.9. The number of nitrogens with one attached hydrogen (secondary N) is 3. The van der Waals surface area contributed by atoms with E-state index in [0.29, 0.717) is 13.0 Å². The summed E-state index contributed by atoms with van der Waals surface area (Å²) < 4.78 is 26.4. The zero-order valence-corrected chi connectivity index (χ0v) is 15.6. The number of anilines is 1. The van der Waals surface area contributed by atoms with E-state index < -0.39 is 16.1 Å². The Balaban J connectivity index is 1.53. The van der Waals surface area contributed by atoms with Crippen molar-refractivity contribution < 1.29 is 23.4 Å². The van der Waals surface area contributed by atoms with Gasteiger partial charge in [0.2, 0.25) is 5.88 Å². The average molecular weight is 396 g/mol. The van der Waals surface area contributed by atoms with Crippen LogP contribution in [0.3, 0.4) is 0 Å². The van der Waals surface area contributed by atoms with Gasteiger partial charge in [0, 0.05) is 12.6 Å². The Bertz CT molecular complexity index is 834. The molecule has 1 aliphatic carbocycles. The molecule has 0 atom stereocenters. The predicted octanol–water partition coefficient (Wildman–Crippen LogP) is 1.58. The molecule has 1 heterocycles. The number of aliphatic hydroxyl groups excluding tert-OH is 1. The van der Waals surface area contributed by atoms with Crippen LogP contribution in [0, 0.1) is 0 Å². The first-order chi connectivity index (χ1) is 12.8. The molecule has 2 aliphatic rings. The minimum absolute atomic E-state index is 0.0262. The number of rotatable bonds is 5. The van der Waals surface area contributed by atoms with E-state index in [1.54, 1.807) is 6.07 Å². The third kappa shape index (κ3) is 4.76. The lowest BCUT2D eigenvalue weighted by Crippen LogP contribution is -2.43. The van der Waals surface area contributed by atoms with Crippen molar-refractivity contribution in [3.63, 3.8) is 0 Å². The fraction of sp³-hybridized carbons (Fsp3) is 0.471. The van der Waals surface area contributed by atoms with E-state index in [4.69, 9.17) is 0 Å². The number of phenols is 1. The number of aliphatic hydroxyl groups is 1. The predicted molar refractivity (Wildman–Crippen MR) is 100 cm³/mol. The molecule has 1 fully saturated rings. The second-order valence-electron chi connectivity index (χ2n) is 6.73. The van der Waals surface area contributed by atoms with Gasteiger partial charge in [-0.2, -0.15) is 8.42 Å². The minimum atomic E-state index is -3.95. The first-order valence-corrected chi connectivity index (χ1v) is 10.4. The van der Waals surface area contributed by atoms with Gasteiger partial charge >= 0.3 is 16.2 Å². The summed E-state index contributed by atoms with van der Waals surface area (Å²) in [5.41, 5.74) is 0.769. The molecule has 148 valence electrons. The molecular weight excluding hydrogens is 372 g/mol. The Morgan fingerprint density at radius 1 is 1.22 bits per heavy atom. The minimum Gasteiger partial charge on any atom is -0.506 e. The summed E-state index contributed by atoms with van der Waals surface area (Å²) in [5, 5.41) is 25.2. The van der Waals surface area contributed by atoms with Gasteiger partial charge in [-0.1, -0.05) is 25.3 Å². The van der Waals surface area contributed by atoms with Crippen LogP contribution in [0.2, 0.25) is 0 Å². The number of hydrogen-bond donors (Lipinski definition) is 5. The number of benzene rings is 1. The highest BCUT2D eigenvalue weighted by Crippen LogP contribution is 2.32. The number of nitrogens with zero attached hydrogens (tertiary/aromatic N) is 1. The van der Waals surface area contributed by atoms with Gasteiger partial charge in [0.15, 0.2) is 0 Å². The van der Waals surface area contributed by atoms with E-state index in [-0.39, 0.29) is 23.5 Å². The number of phenolic OH excluding ortho intramolecular Hbond substituents is 1.